The predicted octanol–water partition coefficient (Wildman–Crippen LogP) is 1.11. The maximum atomic E-state index is 5.69. The van der Waals surface area contributed by atoms with Crippen molar-refractivity contribution in [1.82, 2.24) is 10.2 Å². The first kappa shape index (κ1) is 14.3. The van der Waals surface area contributed by atoms with E-state index in [1.54, 1.807) is 7.11 Å². The van der Waals surface area contributed by atoms with Gasteiger partial charge >= 0.3 is 0 Å². The summed E-state index contributed by atoms with van der Waals surface area (Å²) in [6, 6.07) is 1.23. The van der Waals surface area contributed by atoms with E-state index in [1.807, 2.05) is 0 Å². The van der Waals surface area contributed by atoms with Crippen LogP contribution >= 0.6 is 0 Å². The number of hydrogen-bond donors (Lipinski definition) is 1. The van der Waals surface area contributed by atoms with E-state index in [2.05, 4.69) is 17.3 Å². The second kappa shape index (κ2) is 7.43. The fraction of sp³-hybridized carbons (Fsp3) is 1.00. The van der Waals surface area contributed by atoms with Gasteiger partial charge in [-0.15, -0.1) is 0 Å². The number of nitrogens with zero attached hydrogens (tertiary/aromatic N) is 1. The minimum absolute atomic E-state index is 0.458. The molecule has 0 spiro atoms. The van der Waals surface area contributed by atoms with Gasteiger partial charge in [0.2, 0.25) is 0 Å². The maximum Gasteiger partial charge on any atom is 0.0630 e. The highest BCUT2D eigenvalue weighted by molar-refractivity contribution is 4.83. The van der Waals surface area contributed by atoms with E-state index < -0.39 is 0 Å². The van der Waals surface area contributed by atoms with Crippen LogP contribution in [0.2, 0.25) is 0 Å². The highest BCUT2D eigenvalue weighted by Gasteiger charge is 2.24. The lowest BCUT2D eigenvalue weighted by molar-refractivity contribution is 0.0643. The molecule has 1 unspecified atom stereocenters. The molecular formula is C14H28N2O2. The molecule has 4 nitrogen and oxygen atoms in total. The minimum atomic E-state index is 0.458. The molecule has 1 N–H and O–H groups in total. The molecule has 0 aromatic rings. The molecule has 0 bridgehead atoms. The van der Waals surface area contributed by atoms with Crippen molar-refractivity contribution in [3.63, 3.8) is 0 Å². The molecule has 0 saturated heterocycles. The summed E-state index contributed by atoms with van der Waals surface area (Å²) < 4.78 is 11.0. The third-order valence-corrected chi connectivity index (χ3v) is 3.84. The zero-order valence-corrected chi connectivity index (χ0v) is 11.9. The van der Waals surface area contributed by atoms with Gasteiger partial charge in [-0.2, -0.15) is 0 Å². The van der Waals surface area contributed by atoms with Crippen molar-refractivity contribution in [2.45, 2.75) is 37.8 Å². The van der Waals surface area contributed by atoms with Crippen molar-refractivity contribution < 1.29 is 9.47 Å². The Kier molecular flexibility index (Phi) is 5.89. The molecule has 2 aliphatic carbocycles. The first-order chi connectivity index (χ1) is 8.79. The molecule has 0 aliphatic heterocycles. The average Bonchev–Trinajstić information content (AvgIpc) is 3.24. The second-order valence-electron chi connectivity index (χ2n) is 5.79. The van der Waals surface area contributed by atoms with Crippen LogP contribution in [-0.2, 0) is 9.47 Å². The number of rotatable bonds is 11. The van der Waals surface area contributed by atoms with E-state index in [0.717, 1.165) is 44.9 Å². The molecule has 0 aromatic carbocycles. The van der Waals surface area contributed by atoms with Crippen molar-refractivity contribution in [3.05, 3.63) is 0 Å². The van der Waals surface area contributed by atoms with Crippen molar-refractivity contribution in [2.75, 3.05) is 47.1 Å². The van der Waals surface area contributed by atoms with Crippen LogP contribution in [0.25, 0.3) is 0 Å². The van der Waals surface area contributed by atoms with Crippen molar-refractivity contribution in [1.29, 1.82) is 0 Å². The molecule has 0 amide bonds. The Labute approximate surface area is 111 Å². The number of hydrogen-bond acceptors (Lipinski definition) is 4. The SMILES string of the molecule is COCC(CNC1CC1)N(C)CCOCC1CC1. The van der Waals surface area contributed by atoms with Crippen LogP contribution in [0.15, 0.2) is 0 Å². The summed E-state index contributed by atoms with van der Waals surface area (Å²) in [5, 5.41) is 3.58. The topological polar surface area (TPSA) is 33.7 Å². The van der Waals surface area contributed by atoms with Gasteiger partial charge in [-0.1, -0.05) is 0 Å². The van der Waals surface area contributed by atoms with Gasteiger partial charge in [0, 0.05) is 38.9 Å². The van der Waals surface area contributed by atoms with Gasteiger partial charge < -0.3 is 14.8 Å². The highest BCUT2D eigenvalue weighted by atomic mass is 16.5. The Hall–Kier alpha value is -0.160. The Morgan fingerprint density at radius 1 is 1.28 bits per heavy atom. The van der Waals surface area contributed by atoms with Crippen LogP contribution in [-0.4, -0.2) is 64.1 Å². The fourth-order valence-electron chi connectivity index (χ4n) is 2.05. The highest BCUT2D eigenvalue weighted by Crippen LogP contribution is 2.28. The smallest absolute Gasteiger partial charge is 0.0630 e. The summed E-state index contributed by atoms with van der Waals surface area (Å²) in [5.74, 6) is 0.863. The van der Waals surface area contributed by atoms with Crippen LogP contribution in [0.4, 0.5) is 0 Å². The molecule has 2 fully saturated rings. The average molecular weight is 256 g/mol. The minimum Gasteiger partial charge on any atom is -0.383 e. The Morgan fingerprint density at radius 2 is 2.06 bits per heavy atom. The standard InChI is InChI=1S/C14H28N2O2/c1-16(7-8-18-10-12-3-4-12)14(11-17-2)9-15-13-5-6-13/h12-15H,3-11H2,1-2H3. The monoisotopic (exact) mass is 256 g/mol. The summed E-state index contributed by atoms with van der Waals surface area (Å²) in [5.41, 5.74) is 0. The zero-order valence-electron chi connectivity index (χ0n) is 11.9. The molecule has 2 aliphatic rings. The lowest BCUT2D eigenvalue weighted by Crippen LogP contribution is -2.44. The first-order valence-electron chi connectivity index (χ1n) is 7.30. The van der Waals surface area contributed by atoms with E-state index in [9.17, 15) is 0 Å². The van der Waals surface area contributed by atoms with Crippen LogP contribution in [0.3, 0.4) is 0 Å². The normalized spacial score (nSPS) is 21.5. The van der Waals surface area contributed by atoms with Crippen LogP contribution < -0.4 is 5.32 Å². The molecule has 2 rings (SSSR count). The zero-order chi connectivity index (χ0) is 12.8. The molecule has 0 radical (unpaired) electrons. The third-order valence-electron chi connectivity index (χ3n) is 3.84. The van der Waals surface area contributed by atoms with E-state index in [0.29, 0.717) is 6.04 Å². The maximum absolute atomic E-state index is 5.69. The first-order valence-corrected chi connectivity index (χ1v) is 7.30. The van der Waals surface area contributed by atoms with Crippen molar-refractivity contribution >= 4 is 0 Å². The van der Waals surface area contributed by atoms with Gasteiger partial charge in [-0.3, -0.25) is 4.90 Å². The van der Waals surface area contributed by atoms with Gasteiger partial charge in [0.05, 0.1) is 13.2 Å². The third kappa shape index (κ3) is 5.65. The summed E-state index contributed by atoms with van der Waals surface area (Å²) in [6.07, 6.45) is 5.42. The van der Waals surface area contributed by atoms with E-state index >= 15 is 0 Å². The molecule has 0 aromatic heterocycles. The van der Waals surface area contributed by atoms with Gasteiger partial charge in [0.1, 0.15) is 0 Å². The lowest BCUT2D eigenvalue weighted by atomic mass is 10.2. The molecule has 4 heteroatoms. The van der Waals surface area contributed by atoms with Gasteiger partial charge in [0.25, 0.3) is 0 Å². The van der Waals surface area contributed by atoms with Gasteiger partial charge in [-0.25, -0.2) is 0 Å². The van der Waals surface area contributed by atoms with Gasteiger partial charge in [-0.05, 0) is 38.6 Å². The molecule has 1 atom stereocenters. The van der Waals surface area contributed by atoms with E-state index in [1.165, 1.54) is 25.7 Å². The van der Waals surface area contributed by atoms with Crippen LogP contribution in [0, 0.1) is 5.92 Å². The second-order valence-corrected chi connectivity index (χ2v) is 5.79. The van der Waals surface area contributed by atoms with Crippen molar-refractivity contribution in [2.24, 2.45) is 5.92 Å². The largest absolute Gasteiger partial charge is 0.383 e. The van der Waals surface area contributed by atoms with Gasteiger partial charge in [0.15, 0.2) is 0 Å². The van der Waals surface area contributed by atoms with Crippen LogP contribution in [0.1, 0.15) is 25.7 Å². The molecule has 106 valence electrons. The van der Waals surface area contributed by atoms with E-state index in [4.69, 9.17) is 9.47 Å². The summed E-state index contributed by atoms with van der Waals surface area (Å²) in [7, 11) is 3.94. The Morgan fingerprint density at radius 3 is 2.67 bits per heavy atom. The molecule has 0 heterocycles. The number of methoxy groups -OCH3 is 1. The Balaban J connectivity index is 1.56. The molecule has 18 heavy (non-hydrogen) atoms. The molecular weight excluding hydrogens is 228 g/mol. The molecule has 2 saturated carbocycles. The van der Waals surface area contributed by atoms with E-state index in [-0.39, 0.29) is 0 Å². The summed E-state index contributed by atoms with van der Waals surface area (Å²) >= 11 is 0. The number of nitrogens with one attached hydrogen (secondary N) is 1. The predicted molar refractivity (Wildman–Crippen MR) is 72.9 cm³/mol. The fourth-order valence-corrected chi connectivity index (χ4v) is 2.05. The quantitative estimate of drug-likeness (QED) is 0.562. The Bertz CT molecular complexity index is 230. The lowest BCUT2D eigenvalue weighted by Gasteiger charge is -2.27. The summed E-state index contributed by atoms with van der Waals surface area (Å²) in [4.78, 5) is 2.35. The number of ether oxygens (including phenoxy) is 2. The number of likely N-dealkylation sites (N-methyl/N-ethyl adjacent to an activating group) is 1. The van der Waals surface area contributed by atoms with Crippen molar-refractivity contribution in [3.8, 4) is 0 Å². The van der Waals surface area contributed by atoms with Crippen LogP contribution in [0.5, 0.6) is 0 Å². The summed E-state index contributed by atoms with van der Waals surface area (Å²) in [6.45, 7) is 4.61.